The Morgan fingerprint density at radius 2 is 2.00 bits per heavy atom. The summed E-state index contributed by atoms with van der Waals surface area (Å²) in [7, 11) is 0. The Morgan fingerprint density at radius 3 is 2.57 bits per heavy atom. The van der Waals surface area contributed by atoms with E-state index >= 15 is 0 Å². The molecule has 4 nitrogen and oxygen atoms in total. The van der Waals surface area contributed by atoms with Gasteiger partial charge in [0.15, 0.2) is 0 Å². The lowest BCUT2D eigenvalue weighted by molar-refractivity contribution is -0.151. The third kappa shape index (κ3) is 4.08. The van der Waals surface area contributed by atoms with E-state index in [1.54, 1.807) is 17.1 Å². The molecule has 1 saturated heterocycles. The quantitative estimate of drug-likeness (QED) is 0.819. The van der Waals surface area contributed by atoms with E-state index in [-0.39, 0.29) is 5.91 Å². The van der Waals surface area contributed by atoms with Gasteiger partial charge in [0.05, 0.1) is 25.3 Å². The summed E-state index contributed by atoms with van der Waals surface area (Å²) >= 11 is 0. The predicted molar refractivity (Wildman–Crippen MR) is 83.1 cm³/mol. The van der Waals surface area contributed by atoms with E-state index < -0.39 is 5.60 Å². The molecule has 1 aromatic rings. The van der Waals surface area contributed by atoms with E-state index in [1.165, 1.54) is 0 Å². The molecule has 21 heavy (non-hydrogen) atoms. The minimum atomic E-state index is -0.669. The van der Waals surface area contributed by atoms with Crippen molar-refractivity contribution in [1.82, 2.24) is 4.90 Å². The zero-order valence-electron chi connectivity index (χ0n) is 12.7. The van der Waals surface area contributed by atoms with Crippen molar-refractivity contribution in [3.05, 3.63) is 35.9 Å². The second kappa shape index (κ2) is 6.76. The lowest BCUT2D eigenvalue weighted by Gasteiger charge is -2.46. The number of carbonyl (C=O) groups is 1. The molecule has 1 N–H and O–H groups in total. The Kier molecular flexibility index (Phi) is 5.02. The van der Waals surface area contributed by atoms with Gasteiger partial charge in [-0.2, -0.15) is 0 Å². The number of benzene rings is 1. The molecule has 0 spiro atoms. The largest absolute Gasteiger partial charge is 0.494 e. The molecule has 0 atom stereocenters. The molecule has 1 heterocycles. The number of hydrogen-bond donors (Lipinski definition) is 1. The average Bonchev–Trinajstić information content (AvgIpc) is 2.44. The van der Waals surface area contributed by atoms with Crippen LogP contribution in [0.2, 0.25) is 0 Å². The monoisotopic (exact) mass is 289 g/mol. The van der Waals surface area contributed by atoms with Crippen LogP contribution < -0.4 is 4.74 Å². The van der Waals surface area contributed by atoms with Crippen molar-refractivity contribution in [1.29, 1.82) is 0 Å². The molecule has 2 rings (SSSR count). The second-order valence-electron chi connectivity index (χ2n) is 5.50. The van der Waals surface area contributed by atoms with Crippen LogP contribution in [0.25, 0.3) is 6.08 Å². The summed E-state index contributed by atoms with van der Waals surface area (Å²) in [5.74, 6) is 0.776. The van der Waals surface area contributed by atoms with Crippen LogP contribution in [0, 0.1) is 0 Å². The Labute approximate surface area is 126 Å². The van der Waals surface area contributed by atoms with Gasteiger partial charge in [-0.3, -0.25) is 4.79 Å². The first-order valence-electron chi connectivity index (χ1n) is 7.48. The van der Waals surface area contributed by atoms with Crippen molar-refractivity contribution in [2.75, 3.05) is 19.7 Å². The first-order chi connectivity index (χ1) is 10.1. The third-order valence-electron chi connectivity index (χ3n) is 3.61. The lowest BCUT2D eigenvalue weighted by Crippen LogP contribution is -2.63. The van der Waals surface area contributed by atoms with Crippen LogP contribution in [0.5, 0.6) is 5.75 Å². The van der Waals surface area contributed by atoms with Crippen LogP contribution in [0.4, 0.5) is 0 Å². The van der Waals surface area contributed by atoms with Crippen molar-refractivity contribution in [3.8, 4) is 5.75 Å². The van der Waals surface area contributed by atoms with Gasteiger partial charge in [-0.1, -0.05) is 25.5 Å². The Hall–Kier alpha value is -1.81. The maximum atomic E-state index is 12.0. The summed E-state index contributed by atoms with van der Waals surface area (Å²) in [5, 5.41) is 10.1. The lowest BCUT2D eigenvalue weighted by atomic mass is 9.89. The maximum absolute atomic E-state index is 12.0. The molecule has 0 saturated carbocycles. The van der Waals surface area contributed by atoms with E-state index in [2.05, 4.69) is 0 Å². The molecule has 1 aliphatic heterocycles. The van der Waals surface area contributed by atoms with Crippen LogP contribution in [-0.4, -0.2) is 41.2 Å². The second-order valence-corrected chi connectivity index (χ2v) is 5.50. The number of nitrogens with zero attached hydrogens (tertiary/aromatic N) is 1. The standard InChI is InChI=1S/C17H23NO3/c1-3-11-17(20)12-18(13-17)16(19)10-7-14-5-8-15(9-6-14)21-4-2/h5-10,20H,3-4,11-13H2,1-2H3. The molecule has 0 bridgehead atoms. The summed E-state index contributed by atoms with van der Waals surface area (Å²) in [6.07, 6.45) is 5.02. The number of β-amino-alcohol motifs (C(OH)–C–C–N with tert-alkyl or cyclic N) is 1. The van der Waals surface area contributed by atoms with Crippen LogP contribution in [-0.2, 0) is 4.79 Å². The molecule has 1 aromatic carbocycles. The van der Waals surface area contributed by atoms with Gasteiger partial charge >= 0.3 is 0 Å². The summed E-state index contributed by atoms with van der Waals surface area (Å²) in [6.45, 7) is 5.50. The number of rotatable bonds is 6. The van der Waals surface area contributed by atoms with E-state index in [0.29, 0.717) is 19.7 Å². The van der Waals surface area contributed by atoms with Crippen LogP contribution in [0.3, 0.4) is 0 Å². The molecule has 4 heteroatoms. The highest BCUT2D eigenvalue weighted by atomic mass is 16.5. The Bertz CT molecular complexity index is 501. The van der Waals surface area contributed by atoms with Gasteiger partial charge in [-0.25, -0.2) is 0 Å². The minimum absolute atomic E-state index is 0.0512. The molecular weight excluding hydrogens is 266 g/mol. The van der Waals surface area contributed by atoms with Gasteiger partial charge in [-0.05, 0) is 37.1 Å². The first kappa shape index (κ1) is 15.6. The van der Waals surface area contributed by atoms with Crippen molar-refractivity contribution >= 4 is 12.0 Å². The summed E-state index contributed by atoms with van der Waals surface area (Å²) in [4.78, 5) is 13.6. The maximum Gasteiger partial charge on any atom is 0.246 e. The topological polar surface area (TPSA) is 49.8 Å². The molecule has 0 aromatic heterocycles. The molecule has 1 amide bonds. The van der Waals surface area contributed by atoms with Gasteiger partial charge in [-0.15, -0.1) is 0 Å². The van der Waals surface area contributed by atoms with E-state index in [4.69, 9.17) is 4.74 Å². The zero-order valence-corrected chi connectivity index (χ0v) is 12.7. The Morgan fingerprint density at radius 1 is 1.33 bits per heavy atom. The SMILES string of the molecule is CCCC1(O)CN(C(=O)C=Cc2ccc(OCC)cc2)C1. The van der Waals surface area contributed by atoms with Crippen LogP contribution >= 0.6 is 0 Å². The van der Waals surface area contributed by atoms with E-state index in [1.807, 2.05) is 38.1 Å². The number of amides is 1. The highest BCUT2D eigenvalue weighted by Crippen LogP contribution is 2.26. The van der Waals surface area contributed by atoms with Gasteiger partial charge in [0.2, 0.25) is 5.91 Å². The number of hydrogen-bond acceptors (Lipinski definition) is 3. The smallest absolute Gasteiger partial charge is 0.246 e. The van der Waals surface area contributed by atoms with Crippen molar-refractivity contribution in [2.24, 2.45) is 0 Å². The number of carbonyl (C=O) groups excluding carboxylic acids is 1. The highest BCUT2D eigenvalue weighted by molar-refractivity contribution is 5.92. The molecule has 0 aliphatic carbocycles. The minimum Gasteiger partial charge on any atom is -0.494 e. The van der Waals surface area contributed by atoms with Crippen LogP contribution in [0.1, 0.15) is 32.3 Å². The molecule has 0 unspecified atom stereocenters. The summed E-state index contributed by atoms with van der Waals surface area (Å²) < 4.78 is 5.37. The summed E-state index contributed by atoms with van der Waals surface area (Å²) in [6, 6.07) is 7.60. The van der Waals surface area contributed by atoms with Gasteiger partial charge < -0.3 is 14.7 Å². The molecule has 1 fully saturated rings. The Balaban J connectivity index is 1.85. The molecular formula is C17H23NO3. The molecule has 114 valence electrons. The molecule has 1 aliphatic rings. The van der Waals surface area contributed by atoms with Gasteiger partial charge in [0.25, 0.3) is 0 Å². The molecule has 0 radical (unpaired) electrons. The highest BCUT2D eigenvalue weighted by Gasteiger charge is 2.41. The van der Waals surface area contributed by atoms with Gasteiger partial charge in [0.1, 0.15) is 5.75 Å². The fourth-order valence-corrected chi connectivity index (χ4v) is 2.56. The summed E-state index contributed by atoms with van der Waals surface area (Å²) in [5.41, 5.74) is 0.286. The fourth-order valence-electron chi connectivity index (χ4n) is 2.56. The average molecular weight is 289 g/mol. The van der Waals surface area contributed by atoms with Gasteiger partial charge in [0, 0.05) is 6.08 Å². The third-order valence-corrected chi connectivity index (χ3v) is 3.61. The number of aliphatic hydroxyl groups is 1. The van der Waals surface area contributed by atoms with Crippen LogP contribution in [0.15, 0.2) is 30.3 Å². The van der Waals surface area contributed by atoms with Crippen molar-refractivity contribution < 1.29 is 14.6 Å². The van der Waals surface area contributed by atoms with Crippen molar-refractivity contribution in [2.45, 2.75) is 32.3 Å². The fraction of sp³-hybridized carbons (Fsp3) is 0.471. The van der Waals surface area contributed by atoms with Crippen molar-refractivity contribution in [3.63, 3.8) is 0 Å². The number of ether oxygens (including phenoxy) is 1. The zero-order chi connectivity index (χ0) is 15.3. The normalized spacial score (nSPS) is 16.8. The predicted octanol–water partition coefficient (Wildman–Crippen LogP) is 2.47. The van der Waals surface area contributed by atoms with E-state index in [0.717, 1.165) is 24.2 Å². The number of likely N-dealkylation sites (tertiary alicyclic amines) is 1. The first-order valence-corrected chi connectivity index (χ1v) is 7.48. The van der Waals surface area contributed by atoms with E-state index in [9.17, 15) is 9.90 Å².